The molecule has 0 fully saturated rings. The molecule has 0 atom stereocenters. The van der Waals surface area contributed by atoms with E-state index < -0.39 is 5.60 Å². The van der Waals surface area contributed by atoms with Crippen LogP contribution in [0.4, 0.5) is 0 Å². The van der Waals surface area contributed by atoms with Crippen molar-refractivity contribution in [1.82, 2.24) is 15.1 Å². The van der Waals surface area contributed by atoms with E-state index in [-0.39, 0.29) is 5.97 Å². The summed E-state index contributed by atoms with van der Waals surface area (Å²) >= 11 is 0. The highest BCUT2D eigenvalue weighted by Crippen LogP contribution is 2.28. The highest BCUT2D eigenvalue weighted by atomic mass is 16.6. The van der Waals surface area contributed by atoms with Crippen LogP contribution in [0.25, 0.3) is 22.8 Å². The standard InChI is InChI=1S/C26H33N3O3/c1-8-18-14-19(12-16(3)22(18)10-11-23(30)31-26(5,6)7)24-28-25(32-29-24)20-13-17(4)27-21(9-2)15-20/h12-15H,8-11H2,1-7H3. The van der Waals surface area contributed by atoms with E-state index >= 15 is 0 Å². The van der Waals surface area contributed by atoms with Crippen molar-refractivity contribution in [3.8, 4) is 22.8 Å². The van der Waals surface area contributed by atoms with Crippen LogP contribution >= 0.6 is 0 Å². The highest BCUT2D eigenvalue weighted by Gasteiger charge is 2.18. The molecule has 0 unspecified atom stereocenters. The molecule has 170 valence electrons. The van der Waals surface area contributed by atoms with Crippen molar-refractivity contribution < 1.29 is 14.1 Å². The van der Waals surface area contributed by atoms with E-state index in [4.69, 9.17) is 9.26 Å². The third-order valence-corrected chi connectivity index (χ3v) is 5.25. The Balaban J connectivity index is 1.85. The summed E-state index contributed by atoms with van der Waals surface area (Å²) in [7, 11) is 0. The quantitative estimate of drug-likeness (QED) is 0.436. The van der Waals surface area contributed by atoms with Crippen molar-refractivity contribution in [2.24, 2.45) is 0 Å². The zero-order valence-corrected chi connectivity index (χ0v) is 20.2. The molecule has 32 heavy (non-hydrogen) atoms. The third kappa shape index (κ3) is 5.81. The maximum absolute atomic E-state index is 12.2. The fourth-order valence-electron chi connectivity index (χ4n) is 3.81. The van der Waals surface area contributed by atoms with E-state index in [2.05, 4.69) is 48.0 Å². The molecule has 1 aromatic carbocycles. The molecule has 6 heteroatoms. The molecule has 0 radical (unpaired) electrons. The molecule has 3 aromatic rings. The van der Waals surface area contributed by atoms with Gasteiger partial charge in [-0.15, -0.1) is 0 Å². The third-order valence-electron chi connectivity index (χ3n) is 5.25. The molecular weight excluding hydrogens is 402 g/mol. The first-order valence-corrected chi connectivity index (χ1v) is 11.3. The van der Waals surface area contributed by atoms with Gasteiger partial charge in [0.15, 0.2) is 0 Å². The number of ether oxygens (including phenoxy) is 1. The van der Waals surface area contributed by atoms with Crippen LogP contribution in [0.3, 0.4) is 0 Å². The molecule has 6 nitrogen and oxygen atoms in total. The molecule has 0 bridgehead atoms. The minimum absolute atomic E-state index is 0.176. The SMILES string of the molecule is CCc1cc(-c2nc(-c3cc(C)c(CCC(=O)OC(C)(C)C)c(CC)c3)no2)cc(C)n1. The lowest BCUT2D eigenvalue weighted by atomic mass is 9.93. The first kappa shape index (κ1) is 23.6. The summed E-state index contributed by atoms with van der Waals surface area (Å²) in [5.41, 5.74) is 6.74. The molecule has 0 N–H and O–H groups in total. The fourth-order valence-corrected chi connectivity index (χ4v) is 3.81. The van der Waals surface area contributed by atoms with E-state index in [1.54, 1.807) is 0 Å². The molecule has 2 heterocycles. The highest BCUT2D eigenvalue weighted by molar-refractivity contribution is 5.70. The summed E-state index contributed by atoms with van der Waals surface area (Å²) in [6, 6.07) is 8.11. The predicted molar refractivity (Wildman–Crippen MR) is 125 cm³/mol. The van der Waals surface area contributed by atoms with Gasteiger partial charge in [-0.05, 0) is 94.8 Å². The fraction of sp³-hybridized carbons (Fsp3) is 0.462. The number of carbonyl (C=O) groups is 1. The number of rotatable bonds is 7. The Morgan fingerprint density at radius 3 is 2.41 bits per heavy atom. The first-order valence-electron chi connectivity index (χ1n) is 11.3. The summed E-state index contributed by atoms with van der Waals surface area (Å²) in [5.74, 6) is 0.874. The molecular formula is C26H33N3O3. The van der Waals surface area contributed by atoms with E-state index in [9.17, 15) is 4.79 Å². The lowest BCUT2D eigenvalue weighted by Gasteiger charge is -2.20. The summed E-state index contributed by atoms with van der Waals surface area (Å²) in [4.78, 5) is 21.3. The Labute approximate surface area is 190 Å². The summed E-state index contributed by atoms with van der Waals surface area (Å²) in [6.45, 7) is 13.9. The van der Waals surface area contributed by atoms with Crippen molar-refractivity contribution in [3.05, 3.63) is 52.3 Å². The molecule has 0 amide bonds. The second-order valence-electron chi connectivity index (χ2n) is 9.14. The van der Waals surface area contributed by atoms with Crippen molar-refractivity contribution in [2.75, 3.05) is 0 Å². The van der Waals surface area contributed by atoms with Gasteiger partial charge in [0.1, 0.15) is 5.60 Å². The van der Waals surface area contributed by atoms with Gasteiger partial charge in [0.25, 0.3) is 5.89 Å². The maximum atomic E-state index is 12.2. The van der Waals surface area contributed by atoms with E-state index in [1.807, 2.05) is 39.8 Å². The number of hydrogen-bond donors (Lipinski definition) is 0. The Hall–Kier alpha value is -3.02. The number of benzene rings is 1. The van der Waals surface area contributed by atoms with Crippen LogP contribution in [0.5, 0.6) is 0 Å². The zero-order chi connectivity index (χ0) is 23.5. The number of esters is 1. The molecule has 0 aliphatic heterocycles. The summed E-state index contributed by atoms with van der Waals surface area (Å²) in [5, 5.41) is 4.23. The van der Waals surface area contributed by atoms with Gasteiger partial charge in [-0.3, -0.25) is 9.78 Å². The zero-order valence-electron chi connectivity index (χ0n) is 20.2. The lowest BCUT2D eigenvalue weighted by molar-refractivity contribution is -0.154. The van der Waals surface area contributed by atoms with Gasteiger partial charge < -0.3 is 9.26 Å². The largest absolute Gasteiger partial charge is 0.460 e. The molecule has 2 aromatic heterocycles. The minimum atomic E-state index is -0.467. The number of carbonyl (C=O) groups excluding carboxylic acids is 1. The lowest BCUT2D eigenvalue weighted by Crippen LogP contribution is -2.24. The number of pyridine rings is 1. The Kier molecular flexibility index (Phi) is 7.12. The van der Waals surface area contributed by atoms with Crippen molar-refractivity contribution in [1.29, 1.82) is 0 Å². The van der Waals surface area contributed by atoms with E-state index in [0.717, 1.165) is 40.9 Å². The molecule has 3 rings (SSSR count). The second kappa shape index (κ2) is 9.63. The van der Waals surface area contributed by atoms with Crippen molar-refractivity contribution in [2.45, 2.75) is 79.8 Å². The van der Waals surface area contributed by atoms with Crippen molar-refractivity contribution >= 4 is 5.97 Å². The Morgan fingerprint density at radius 2 is 1.75 bits per heavy atom. The number of nitrogens with zero attached hydrogens (tertiary/aromatic N) is 3. The van der Waals surface area contributed by atoms with Crippen LogP contribution < -0.4 is 0 Å². The van der Waals surface area contributed by atoms with Crippen molar-refractivity contribution in [3.63, 3.8) is 0 Å². The monoisotopic (exact) mass is 435 g/mol. The summed E-state index contributed by atoms with van der Waals surface area (Å²) in [6.07, 6.45) is 2.71. The molecule has 0 spiro atoms. The Bertz CT molecular complexity index is 1110. The molecule has 0 aliphatic carbocycles. The van der Waals surface area contributed by atoms with Gasteiger partial charge in [0.2, 0.25) is 5.82 Å². The second-order valence-corrected chi connectivity index (χ2v) is 9.14. The van der Waals surface area contributed by atoms with Gasteiger partial charge >= 0.3 is 5.97 Å². The number of hydrogen-bond acceptors (Lipinski definition) is 6. The van der Waals surface area contributed by atoms with Crippen LogP contribution in [-0.4, -0.2) is 26.7 Å². The predicted octanol–water partition coefficient (Wildman–Crippen LogP) is 5.81. The molecule has 0 aliphatic rings. The maximum Gasteiger partial charge on any atom is 0.306 e. The van der Waals surface area contributed by atoms with Gasteiger partial charge in [0, 0.05) is 28.9 Å². The van der Waals surface area contributed by atoms with Gasteiger partial charge in [-0.1, -0.05) is 19.0 Å². The van der Waals surface area contributed by atoms with Gasteiger partial charge in [-0.25, -0.2) is 0 Å². The van der Waals surface area contributed by atoms with Crippen LogP contribution in [0, 0.1) is 13.8 Å². The van der Waals surface area contributed by atoms with Crippen LogP contribution in [0.1, 0.15) is 69.1 Å². The van der Waals surface area contributed by atoms with Gasteiger partial charge in [0.05, 0.1) is 0 Å². The molecule has 0 saturated heterocycles. The topological polar surface area (TPSA) is 78.1 Å². The number of aromatic nitrogens is 3. The average molecular weight is 436 g/mol. The van der Waals surface area contributed by atoms with Crippen LogP contribution in [0.2, 0.25) is 0 Å². The minimum Gasteiger partial charge on any atom is -0.460 e. The van der Waals surface area contributed by atoms with Gasteiger partial charge in [-0.2, -0.15) is 4.98 Å². The normalized spacial score (nSPS) is 11.6. The van der Waals surface area contributed by atoms with Crippen LogP contribution in [-0.2, 0) is 28.8 Å². The average Bonchev–Trinajstić information content (AvgIpc) is 3.21. The van der Waals surface area contributed by atoms with E-state index in [0.29, 0.717) is 24.6 Å². The van der Waals surface area contributed by atoms with Crippen LogP contribution in [0.15, 0.2) is 28.8 Å². The molecule has 0 saturated carbocycles. The Morgan fingerprint density at radius 1 is 1.00 bits per heavy atom. The smallest absolute Gasteiger partial charge is 0.306 e. The van der Waals surface area contributed by atoms with E-state index in [1.165, 1.54) is 11.1 Å². The first-order chi connectivity index (χ1) is 15.1. The summed E-state index contributed by atoms with van der Waals surface area (Å²) < 4.78 is 11.0. The number of aryl methyl sites for hydroxylation is 4.